The van der Waals surface area contributed by atoms with Gasteiger partial charge in [-0.15, -0.1) is 0 Å². The maximum absolute atomic E-state index is 12.8. The molecule has 0 fully saturated rings. The van der Waals surface area contributed by atoms with Crippen molar-refractivity contribution >= 4 is 33.4 Å². The normalized spacial score (nSPS) is 11.9. The van der Waals surface area contributed by atoms with Crippen molar-refractivity contribution in [3.63, 3.8) is 0 Å². The van der Waals surface area contributed by atoms with Crippen LogP contribution in [-0.2, 0) is 16.1 Å². The zero-order chi connectivity index (χ0) is 23.4. The van der Waals surface area contributed by atoms with Crippen molar-refractivity contribution in [3.8, 4) is 0 Å². The fourth-order valence-electron chi connectivity index (χ4n) is 3.94. The molecule has 0 radical (unpaired) electrons. The van der Waals surface area contributed by atoms with Crippen LogP contribution < -0.4 is 10.9 Å². The smallest absolute Gasteiger partial charge is 0.359 e. The number of hydrogen-bond donors (Lipinski definition) is 1. The van der Waals surface area contributed by atoms with Gasteiger partial charge in [-0.1, -0.05) is 67.6 Å². The number of carbonyl (C=O) groups excluding carboxylic acids is 2. The second-order valence-corrected chi connectivity index (χ2v) is 7.86. The van der Waals surface area contributed by atoms with E-state index in [1.54, 1.807) is 24.3 Å². The molecular weight excluding hydrogens is 418 g/mol. The van der Waals surface area contributed by atoms with Crippen LogP contribution in [0.1, 0.15) is 42.4 Å². The van der Waals surface area contributed by atoms with Crippen molar-refractivity contribution in [2.75, 3.05) is 6.61 Å². The first kappa shape index (κ1) is 22.2. The highest BCUT2D eigenvalue weighted by Gasteiger charge is 2.20. The fraction of sp³-hybridized carbons (Fsp3) is 0.231. The molecule has 1 unspecified atom stereocenters. The Hall–Kier alpha value is -4.00. The average Bonchev–Trinajstić information content (AvgIpc) is 2.84. The van der Waals surface area contributed by atoms with Crippen LogP contribution in [0.5, 0.6) is 0 Å². The van der Waals surface area contributed by atoms with Gasteiger partial charge in [0.15, 0.2) is 12.3 Å². The third kappa shape index (κ3) is 4.62. The molecule has 0 spiro atoms. The highest BCUT2D eigenvalue weighted by Crippen LogP contribution is 2.24. The number of nitrogens with zero attached hydrogens (tertiary/aromatic N) is 2. The summed E-state index contributed by atoms with van der Waals surface area (Å²) in [6, 6.07) is 20.4. The second kappa shape index (κ2) is 9.65. The first-order valence-corrected chi connectivity index (χ1v) is 10.9. The number of nitrogens with one attached hydrogen (secondary N) is 1. The molecular formula is C26H25N3O4. The molecule has 3 aromatic carbocycles. The lowest BCUT2D eigenvalue weighted by Gasteiger charge is -2.17. The summed E-state index contributed by atoms with van der Waals surface area (Å²) in [5, 5.41) is 10.0. The molecule has 0 aliphatic carbocycles. The summed E-state index contributed by atoms with van der Waals surface area (Å²) < 4.78 is 6.53. The lowest BCUT2D eigenvalue weighted by molar-refractivity contribution is -0.124. The molecule has 0 bridgehead atoms. The highest BCUT2D eigenvalue weighted by molar-refractivity contribution is 6.02. The number of rotatable bonds is 7. The second-order valence-electron chi connectivity index (χ2n) is 7.86. The van der Waals surface area contributed by atoms with Gasteiger partial charge in [-0.25, -0.2) is 9.48 Å². The van der Waals surface area contributed by atoms with Gasteiger partial charge in [-0.3, -0.25) is 9.59 Å². The zero-order valence-electron chi connectivity index (χ0n) is 18.6. The summed E-state index contributed by atoms with van der Waals surface area (Å²) >= 11 is 0. The van der Waals surface area contributed by atoms with E-state index in [0.29, 0.717) is 23.7 Å². The number of amides is 1. The van der Waals surface area contributed by atoms with E-state index in [0.717, 1.165) is 16.3 Å². The maximum atomic E-state index is 12.8. The number of ether oxygens (including phenoxy) is 1. The third-order valence-electron chi connectivity index (χ3n) is 5.50. The third-order valence-corrected chi connectivity index (χ3v) is 5.50. The van der Waals surface area contributed by atoms with Crippen LogP contribution in [0.3, 0.4) is 0 Å². The minimum atomic E-state index is -0.746. The van der Waals surface area contributed by atoms with Gasteiger partial charge in [0.1, 0.15) is 0 Å². The van der Waals surface area contributed by atoms with E-state index in [1.165, 1.54) is 4.68 Å². The predicted octanol–water partition coefficient (Wildman–Crippen LogP) is 3.99. The van der Waals surface area contributed by atoms with E-state index in [9.17, 15) is 14.4 Å². The van der Waals surface area contributed by atoms with Crippen LogP contribution in [0, 0.1) is 0 Å². The van der Waals surface area contributed by atoms with Crippen LogP contribution in [-0.4, -0.2) is 28.3 Å². The highest BCUT2D eigenvalue weighted by atomic mass is 16.5. The number of esters is 1. The van der Waals surface area contributed by atoms with Gasteiger partial charge < -0.3 is 10.1 Å². The molecule has 33 heavy (non-hydrogen) atoms. The average molecular weight is 444 g/mol. The van der Waals surface area contributed by atoms with Crippen molar-refractivity contribution in [1.82, 2.24) is 15.1 Å². The molecule has 4 rings (SSSR count). The molecule has 7 nitrogen and oxygen atoms in total. The maximum Gasteiger partial charge on any atom is 0.359 e. The molecule has 1 heterocycles. The molecule has 0 aliphatic rings. The lowest BCUT2D eigenvalue weighted by atomic mass is 10.00. The summed E-state index contributed by atoms with van der Waals surface area (Å²) in [5.74, 6) is -1.17. The zero-order valence-corrected chi connectivity index (χ0v) is 18.6. The van der Waals surface area contributed by atoms with Crippen LogP contribution >= 0.6 is 0 Å². The van der Waals surface area contributed by atoms with Gasteiger partial charge in [-0.2, -0.15) is 5.10 Å². The summed E-state index contributed by atoms with van der Waals surface area (Å²) in [6.45, 7) is 3.74. The summed E-state index contributed by atoms with van der Waals surface area (Å²) in [6.07, 6.45) is 0.689. The molecule has 1 aromatic heterocycles. The molecule has 0 saturated heterocycles. The van der Waals surface area contributed by atoms with Crippen LogP contribution in [0.25, 0.3) is 21.5 Å². The minimum Gasteiger partial charge on any atom is -0.451 e. The van der Waals surface area contributed by atoms with Gasteiger partial charge >= 0.3 is 5.97 Å². The Morgan fingerprint density at radius 3 is 2.39 bits per heavy atom. The van der Waals surface area contributed by atoms with E-state index < -0.39 is 18.5 Å². The molecule has 1 N–H and O–H groups in total. The molecule has 7 heteroatoms. The number of aryl methyl sites for hydroxylation is 1. The number of benzene rings is 3. The van der Waals surface area contributed by atoms with Crippen LogP contribution in [0.15, 0.2) is 71.5 Å². The summed E-state index contributed by atoms with van der Waals surface area (Å²) in [4.78, 5) is 37.9. The fourth-order valence-corrected chi connectivity index (χ4v) is 3.94. The first-order valence-electron chi connectivity index (χ1n) is 10.9. The van der Waals surface area contributed by atoms with Crippen molar-refractivity contribution in [3.05, 3.63) is 88.3 Å². The number of hydrogen-bond acceptors (Lipinski definition) is 5. The Morgan fingerprint density at radius 2 is 1.64 bits per heavy atom. The number of aromatic nitrogens is 2. The van der Waals surface area contributed by atoms with Crippen molar-refractivity contribution in [2.24, 2.45) is 0 Å². The molecule has 1 amide bonds. The molecule has 168 valence electrons. The van der Waals surface area contributed by atoms with Gasteiger partial charge in [0.05, 0.1) is 11.4 Å². The monoisotopic (exact) mass is 443 g/mol. The Labute approximate surface area is 191 Å². The van der Waals surface area contributed by atoms with E-state index >= 15 is 0 Å². The van der Waals surface area contributed by atoms with Crippen LogP contribution in [0.4, 0.5) is 0 Å². The largest absolute Gasteiger partial charge is 0.451 e. The van der Waals surface area contributed by atoms with Gasteiger partial charge in [-0.05, 0) is 35.7 Å². The molecule has 0 aliphatic heterocycles. The molecule has 4 aromatic rings. The topological polar surface area (TPSA) is 90.3 Å². The predicted molar refractivity (Wildman–Crippen MR) is 127 cm³/mol. The lowest BCUT2D eigenvalue weighted by Crippen LogP contribution is -2.32. The number of fused-ring (bicyclic) bond motifs is 2. The van der Waals surface area contributed by atoms with Crippen molar-refractivity contribution in [2.45, 2.75) is 32.9 Å². The Bertz CT molecular complexity index is 1390. The van der Waals surface area contributed by atoms with Crippen LogP contribution in [0.2, 0.25) is 0 Å². The SMILES string of the molecule is CCCn1nc(C(=O)OCC(=O)NC(C)c2cccc3ccccc23)c2ccccc2c1=O. The molecule has 0 saturated carbocycles. The molecule has 1 atom stereocenters. The Morgan fingerprint density at radius 1 is 0.970 bits per heavy atom. The first-order chi connectivity index (χ1) is 16.0. The van der Waals surface area contributed by atoms with Crippen molar-refractivity contribution in [1.29, 1.82) is 0 Å². The Balaban J connectivity index is 1.49. The van der Waals surface area contributed by atoms with E-state index in [2.05, 4.69) is 10.4 Å². The summed E-state index contributed by atoms with van der Waals surface area (Å²) in [5.41, 5.74) is 0.742. The van der Waals surface area contributed by atoms with Gasteiger partial charge in [0, 0.05) is 11.9 Å². The quantitative estimate of drug-likeness (QED) is 0.436. The van der Waals surface area contributed by atoms with E-state index in [4.69, 9.17) is 4.74 Å². The Kier molecular flexibility index (Phi) is 6.49. The van der Waals surface area contributed by atoms with Crippen molar-refractivity contribution < 1.29 is 14.3 Å². The minimum absolute atomic E-state index is 0.0218. The number of carbonyl (C=O) groups is 2. The van der Waals surface area contributed by atoms with E-state index in [1.807, 2.05) is 56.3 Å². The van der Waals surface area contributed by atoms with Gasteiger partial charge in [0.2, 0.25) is 0 Å². The van der Waals surface area contributed by atoms with E-state index in [-0.39, 0.29) is 17.3 Å². The van der Waals surface area contributed by atoms with Gasteiger partial charge in [0.25, 0.3) is 11.5 Å². The standard InChI is InChI=1S/C26H25N3O4/c1-3-15-29-25(31)22-13-7-6-12-21(22)24(28-29)26(32)33-16-23(30)27-17(2)19-14-8-10-18-9-4-5-11-20(18)19/h4-14,17H,3,15-16H2,1-2H3,(H,27,30). The summed E-state index contributed by atoms with van der Waals surface area (Å²) in [7, 11) is 0.